The number of hydrogen-bond acceptors (Lipinski definition) is 17. The number of H-pyrrole nitrogens is 1. The summed E-state index contributed by atoms with van der Waals surface area (Å²) >= 11 is 0. The fourth-order valence-corrected chi connectivity index (χ4v) is 11.4. The lowest BCUT2D eigenvalue weighted by atomic mass is 9.97. The predicted octanol–water partition coefficient (Wildman–Crippen LogP) is -2.73. The molecule has 546 valence electrons. The van der Waals surface area contributed by atoms with E-state index in [1.54, 1.807) is 79.0 Å². The van der Waals surface area contributed by atoms with Gasteiger partial charge >= 0.3 is 5.97 Å². The molecule has 1 saturated heterocycles. The van der Waals surface area contributed by atoms with E-state index >= 15 is 14.4 Å². The highest BCUT2D eigenvalue weighted by Gasteiger charge is 2.51. The molecule has 1 aliphatic heterocycles. The Morgan fingerprint density at radius 1 is 0.563 bits per heavy atom. The molecule has 0 saturated carbocycles. The van der Waals surface area contributed by atoms with Crippen molar-refractivity contribution in [1.29, 1.82) is 0 Å². The molecule has 1 aliphatic rings. The van der Waals surface area contributed by atoms with Gasteiger partial charge in [-0.15, -0.1) is 0 Å². The number of hydrogen-bond donors (Lipinski definition) is 18. The predicted molar refractivity (Wildman–Crippen MR) is 373 cm³/mol. The third-order valence-corrected chi connectivity index (χ3v) is 17.0. The second kappa shape index (κ2) is 36.1. The first-order valence-corrected chi connectivity index (χ1v) is 32.8. The quantitative estimate of drug-likeness (QED) is 0.0198. The molecule has 6 aromatic rings. The fraction of sp³-hybridized carbons (Fsp3) is 0.343. The number of carboxylic acids is 1. The van der Waals surface area contributed by atoms with Gasteiger partial charge in [-0.1, -0.05) is 103 Å². The number of phenols is 2. The molecular formula is C70H85N17O16. The Labute approximate surface area is 590 Å². The number of benzene rings is 5. The minimum atomic E-state index is -3.16. The van der Waals surface area contributed by atoms with E-state index in [1.165, 1.54) is 60.7 Å². The Hall–Kier alpha value is -12.4. The molecule has 2 heterocycles. The molecule has 0 radical (unpaired) electrons. The van der Waals surface area contributed by atoms with Gasteiger partial charge in [0.25, 0.3) is 0 Å². The molecule has 103 heavy (non-hydrogen) atoms. The summed E-state index contributed by atoms with van der Waals surface area (Å²) < 4.78 is 0. The SMILES string of the molecule is C[C@@H]1NC(=O)[C@H](CC(N)=O)NC(=O)[C@H](Cc2c[nH]c3ccccc23)NC(=O)[C@H](CCCN=C(N)N)NC(=O)[C@@H](Cc2ccccc2)NC(=O)[C@H](C)NC(=O)[C@@H](NC(=O)[C@@H](N)Cc2ccc(O)cc2)CC(=O)N([C@@H](Cc2ccc(O)cc2)C(N)=O)[C@@](C)(C(=O)O)NC(=O)[C@H](Cc2ccccc2)NC1=O. The maximum Gasteiger partial charge on any atom is 0.350 e. The lowest BCUT2D eigenvalue weighted by Crippen LogP contribution is -2.72. The van der Waals surface area contributed by atoms with Crippen LogP contribution in [0.15, 0.2) is 145 Å². The van der Waals surface area contributed by atoms with Crippen LogP contribution in [0.2, 0.25) is 0 Å². The topological polar surface area (TPSA) is 552 Å². The van der Waals surface area contributed by atoms with Crippen LogP contribution in [0.25, 0.3) is 10.9 Å². The van der Waals surface area contributed by atoms with Crippen LogP contribution in [0.3, 0.4) is 0 Å². The van der Waals surface area contributed by atoms with Crippen LogP contribution >= 0.6 is 0 Å². The molecule has 33 heteroatoms. The van der Waals surface area contributed by atoms with Crippen molar-refractivity contribution in [3.8, 4) is 11.5 Å². The van der Waals surface area contributed by atoms with E-state index in [0.29, 0.717) is 38.1 Å². The monoisotopic (exact) mass is 1420 g/mol. The number of carbonyl (C=O) groups is 13. The maximum atomic E-state index is 15.6. The molecule has 23 N–H and O–H groups in total. The number of phenolic OH excluding ortho intramolecular Hbond substituents is 2. The highest BCUT2D eigenvalue weighted by atomic mass is 16.4. The molecule has 0 bridgehead atoms. The number of carbonyl (C=O) groups excluding carboxylic acids is 12. The second-order valence-electron chi connectivity index (χ2n) is 25.0. The Balaban J connectivity index is 1.38. The number of aromatic nitrogens is 1. The average molecular weight is 1420 g/mol. The van der Waals surface area contributed by atoms with Crippen molar-refractivity contribution >= 4 is 93.7 Å². The van der Waals surface area contributed by atoms with Crippen LogP contribution in [-0.4, -0.2) is 181 Å². The molecule has 5 aromatic carbocycles. The van der Waals surface area contributed by atoms with Gasteiger partial charge in [-0.05, 0) is 98.2 Å². The molecule has 0 aliphatic carbocycles. The zero-order chi connectivity index (χ0) is 75.2. The number of guanidine groups is 1. The second-order valence-corrected chi connectivity index (χ2v) is 25.0. The van der Waals surface area contributed by atoms with E-state index in [-0.39, 0.29) is 61.7 Å². The van der Waals surface area contributed by atoms with Crippen molar-refractivity contribution in [2.45, 2.75) is 145 Å². The van der Waals surface area contributed by atoms with E-state index in [4.69, 9.17) is 28.7 Å². The summed E-state index contributed by atoms with van der Waals surface area (Å²) in [4.78, 5) is 197. The van der Waals surface area contributed by atoms with Gasteiger partial charge in [-0.25, -0.2) is 4.79 Å². The Bertz CT molecular complexity index is 4100. The summed E-state index contributed by atoms with van der Waals surface area (Å²) in [5, 5.41) is 54.6. The molecule has 11 atom stereocenters. The van der Waals surface area contributed by atoms with Gasteiger partial charge in [0, 0.05) is 49.3 Å². The summed E-state index contributed by atoms with van der Waals surface area (Å²) in [6.45, 7) is 3.02. The Kier molecular flexibility index (Phi) is 27.3. The first kappa shape index (κ1) is 77.9. The third kappa shape index (κ3) is 22.3. The number of aliphatic carboxylic acids is 1. The molecule has 0 unspecified atom stereocenters. The van der Waals surface area contributed by atoms with Gasteiger partial charge in [0.05, 0.1) is 18.9 Å². The van der Waals surface area contributed by atoms with Crippen LogP contribution in [0.4, 0.5) is 0 Å². The number of primary amides is 2. The number of nitrogens with two attached hydrogens (primary N) is 5. The molecule has 7 rings (SSSR count). The number of amides is 12. The number of aliphatic imine (C=N–C) groups is 1. The van der Waals surface area contributed by atoms with Crippen molar-refractivity contribution in [3.63, 3.8) is 0 Å². The molecule has 1 fully saturated rings. The molecule has 0 spiro atoms. The van der Waals surface area contributed by atoms with Crippen LogP contribution < -0.4 is 76.5 Å². The standard InChI is InChI=1S/C70H85N17O16/c1-37-59(93)81-50(30-39-13-6-4-7-14-39)65(99)80-49(19-12-28-76-69(74)75)62(96)84-52(33-43-36-77-48-18-11-10-17-46(43)48)66(100)85-53(34-56(72)90)63(97)78-38(2)60(94)82-51(31-40-15-8-5-9-16-40)67(101)86-70(3,68(102)103)87(55(58(73)92)32-42-22-26-45(89)27-23-42)57(91)35-54(64(98)79-37)83-61(95)47(71)29-41-20-24-44(88)25-21-41/h4-11,13-18,20-27,36-38,47,49-55,77,88-89H,12,19,28-35,71H2,1-3H3,(H2,72,90)(H2,73,92)(H,78,97)(H,79,98)(H,80,99)(H,81,93)(H,82,94)(H,83,95)(H,84,96)(H,85,100)(H,86,101)(H,102,103)(H4,74,75,76)/t37-,38-,47-,49-,50+,51-,52-,53-,54-,55-,70-/m0/s1. The van der Waals surface area contributed by atoms with Crippen molar-refractivity contribution in [3.05, 3.63) is 167 Å². The molecule has 1 aromatic heterocycles. The number of nitrogens with one attached hydrogen (secondary N) is 10. The zero-order valence-electron chi connectivity index (χ0n) is 56.6. The Morgan fingerprint density at radius 3 is 1.56 bits per heavy atom. The molecule has 12 amide bonds. The smallest absolute Gasteiger partial charge is 0.350 e. The highest BCUT2D eigenvalue weighted by molar-refractivity contribution is 6.02. The van der Waals surface area contributed by atoms with Crippen LogP contribution in [-0.2, 0) is 94.4 Å². The van der Waals surface area contributed by atoms with Gasteiger partial charge in [0.15, 0.2) is 5.96 Å². The van der Waals surface area contributed by atoms with E-state index < -0.39 is 169 Å². The fourth-order valence-electron chi connectivity index (χ4n) is 11.4. The van der Waals surface area contributed by atoms with E-state index in [1.807, 2.05) is 0 Å². The van der Waals surface area contributed by atoms with Gasteiger partial charge in [0.1, 0.15) is 65.9 Å². The Morgan fingerprint density at radius 2 is 1.03 bits per heavy atom. The van der Waals surface area contributed by atoms with Crippen LogP contribution in [0.1, 0.15) is 74.3 Å². The normalized spacial score (nSPS) is 22.3. The lowest BCUT2D eigenvalue weighted by Gasteiger charge is -2.43. The van der Waals surface area contributed by atoms with E-state index in [0.717, 1.165) is 20.8 Å². The number of aromatic hydroxyl groups is 2. The number of rotatable bonds is 21. The summed E-state index contributed by atoms with van der Waals surface area (Å²) in [6.07, 6.45) is -2.81. The lowest BCUT2D eigenvalue weighted by molar-refractivity contribution is -0.168. The minimum Gasteiger partial charge on any atom is -0.508 e. The zero-order valence-corrected chi connectivity index (χ0v) is 56.6. The maximum absolute atomic E-state index is 15.6. The minimum absolute atomic E-state index is 0.00940. The number of carboxylic acid groups (broad SMARTS) is 1. The average Bonchev–Trinajstić information content (AvgIpc) is 1.30. The summed E-state index contributed by atoms with van der Waals surface area (Å²) in [5.74, 6) is -17.1. The number of aromatic amines is 1. The summed E-state index contributed by atoms with van der Waals surface area (Å²) in [6, 6.07) is 15.7. The first-order valence-electron chi connectivity index (χ1n) is 32.8. The number of para-hydroxylation sites is 1. The van der Waals surface area contributed by atoms with Gasteiger partial charge in [-0.3, -0.25) is 67.4 Å². The summed E-state index contributed by atoms with van der Waals surface area (Å²) in [5.41, 5.74) is 28.7. The first-order chi connectivity index (χ1) is 48.9. The third-order valence-electron chi connectivity index (χ3n) is 17.0. The largest absolute Gasteiger partial charge is 0.508 e. The number of nitrogens with zero attached hydrogens (tertiary/aromatic N) is 2. The number of fused-ring (bicyclic) bond motifs is 1. The van der Waals surface area contributed by atoms with Crippen molar-refractivity contribution in [2.24, 2.45) is 33.7 Å². The van der Waals surface area contributed by atoms with Crippen molar-refractivity contribution in [2.75, 3.05) is 6.54 Å². The molecular weight excluding hydrogens is 1330 g/mol. The van der Waals surface area contributed by atoms with Crippen molar-refractivity contribution < 1.29 is 77.6 Å². The van der Waals surface area contributed by atoms with Crippen LogP contribution in [0, 0.1) is 0 Å². The van der Waals surface area contributed by atoms with Gasteiger partial charge in [0.2, 0.25) is 76.5 Å². The molecule has 33 nitrogen and oxygen atoms in total. The van der Waals surface area contributed by atoms with Crippen molar-refractivity contribution in [1.82, 2.24) is 57.7 Å². The van der Waals surface area contributed by atoms with E-state index in [2.05, 4.69) is 57.8 Å². The van der Waals surface area contributed by atoms with Gasteiger partial charge < -0.3 is 96.8 Å². The van der Waals surface area contributed by atoms with Gasteiger partial charge in [-0.2, -0.15) is 0 Å². The highest BCUT2D eigenvalue weighted by Crippen LogP contribution is 2.25. The van der Waals surface area contributed by atoms with Crippen LogP contribution in [0.5, 0.6) is 11.5 Å². The summed E-state index contributed by atoms with van der Waals surface area (Å²) in [7, 11) is 0. The van der Waals surface area contributed by atoms with E-state index in [9.17, 15) is 63.3 Å².